The Morgan fingerprint density at radius 1 is 1.34 bits per heavy atom. The van der Waals surface area contributed by atoms with Gasteiger partial charge in [-0.15, -0.1) is 24.0 Å². The van der Waals surface area contributed by atoms with Gasteiger partial charge in [0.15, 0.2) is 11.7 Å². The van der Waals surface area contributed by atoms with E-state index in [0.29, 0.717) is 25.6 Å². The van der Waals surface area contributed by atoms with Crippen LogP contribution in [0.3, 0.4) is 0 Å². The Morgan fingerprint density at radius 2 is 2.17 bits per heavy atom. The molecule has 0 atom stereocenters. The molecule has 0 saturated heterocycles. The lowest BCUT2D eigenvalue weighted by Gasteiger charge is -2.10. The number of nitrogens with zero attached hydrogens (tertiary/aromatic N) is 5. The van der Waals surface area contributed by atoms with Gasteiger partial charge in [-0.05, 0) is 32.1 Å². The van der Waals surface area contributed by atoms with Crippen LogP contribution in [0.1, 0.15) is 63.2 Å². The molecule has 0 amide bonds. The Labute approximate surface area is 188 Å². The molecule has 0 unspecified atom stereocenters. The lowest BCUT2D eigenvalue weighted by atomic mass is 10.1. The molecule has 0 fully saturated rings. The predicted octanol–water partition coefficient (Wildman–Crippen LogP) is 2.26. The molecule has 9 nitrogen and oxygen atoms in total. The SMILES string of the molecule is CCNC(=NCc1cc(C(C)C)no1)NCCCn1nc2n(c1=O)CCCC2.I. The van der Waals surface area contributed by atoms with Gasteiger partial charge in [-0.3, -0.25) is 4.57 Å². The fourth-order valence-corrected chi connectivity index (χ4v) is 3.20. The summed E-state index contributed by atoms with van der Waals surface area (Å²) in [6.07, 6.45) is 3.87. The normalized spacial score (nSPS) is 13.9. The summed E-state index contributed by atoms with van der Waals surface area (Å²) in [5, 5.41) is 15.0. The van der Waals surface area contributed by atoms with Crippen molar-refractivity contribution in [3.8, 4) is 0 Å². The van der Waals surface area contributed by atoms with Gasteiger partial charge < -0.3 is 15.2 Å². The van der Waals surface area contributed by atoms with Crippen LogP contribution < -0.4 is 16.3 Å². The monoisotopic (exact) mass is 517 g/mol. The molecule has 0 bridgehead atoms. The van der Waals surface area contributed by atoms with E-state index < -0.39 is 0 Å². The average molecular weight is 517 g/mol. The highest BCUT2D eigenvalue weighted by molar-refractivity contribution is 14.0. The summed E-state index contributed by atoms with van der Waals surface area (Å²) in [6, 6.07) is 1.95. The third-order valence-corrected chi connectivity index (χ3v) is 4.78. The second-order valence-electron chi connectivity index (χ2n) is 7.38. The van der Waals surface area contributed by atoms with Crippen LogP contribution in [-0.4, -0.2) is 38.6 Å². The van der Waals surface area contributed by atoms with Crippen LogP contribution in [0.15, 0.2) is 20.4 Å². The zero-order valence-corrected chi connectivity index (χ0v) is 19.8. The van der Waals surface area contributed by atoms with E-state index in [1.54, 1.807) is 4.68 Å². The van der Waals surface area contributed by atoms with Crippen molar-refractivity contribution in [2.75, 3.05) is 13.1 Å². The van der Waals surface area contributed by atoms with Crippen LogP contribution in [0, 0.1) is 0 Å². The van der Waals surface area contributed by atoms with Crippen molar-refractivity contribution in [2.24, 2.45) is 4.99 Å². The van der Waals surface area contributed by atoms with E-state index in [2.05, 4.69) is 39.7 Å². The summed E-state index contributed by atoms with van der Waals surface area (Å²) in [5.41, 5.74) is 0.956. The highest BCUT2D eigenvalue weighted by atomic mass is 127. The molecule has 3 rings (SSSR count). The number of aliphatic imine (C=N–C) groups is 1. The first-order valence-corrected chi connectivity index (χ1v) is 10.2. The highest BCUT2D eigenvalue weighted by Gasteiger charge is 2.16. The number of halogens is 1. The topological polar surface area (TPSA) is 102 Å². The van der Waals surface area contributed by atoms with Gasteiger partial charge in [-0.1, -0.05) is 19.0 Å². The van der Waals surface area contributed by atoms with Gasteiger partial charge in [0.2, 0.25) is 0 Å². The molecule has 0 aliphatic carbocycles. The Hall–Kier alpha value is -1.85. The highest BCUT2D eigenvalue weighted by Crippen LogP contribution is 2.14. The van der Waals surface area contributed by atoms with Crippen molar-refractivity contribution >= 4 is 29.9 Å². The molecule has 10 heteroatoms. The molecule has 2 aromatic heterocycles. The van der Waals surface area contributed by atoms with E-state index >= 15 is 0 Å². The molecular formula is C19H32IN7O2. The first kappa shape index (κ1) is 23.4. The van der Waals surface area contributed by atoms with Gasteiger partial charge in [-0.25, -0.2) is 14.5 Å². The van der Waals surface area contributed by atoms with E-state index in [4.69, 9.17) is 4.52 Å². The zero-order valence-electron chi connectivity index (χ0n) is 17.5. The second-order valence-corrected chi connectivity index (χ2v) is 7.38. The maximum absolute atomic E-state index is 12.3. The number of hydrogen-bond donors (Lipinski definition) is 2. The van der Waals surface area contributed by atoms with E-state index in [0.717, 1.165) is 62.0 Å². The van der Waals surface area contributed by atoms with E-state index in [1.807, 2.05) is 17.6 Å². The third-order valence-electron chi connectivity index (χ3n) is 4.78. The number of fused-ring (bicyclic) bond motifs is 1. The van der Waals surface area contributed by atoms with E-state index in [1.165, 1.54) is 0 Å². The molecule has 0 aromatic carbocycles. The quantitative estimate of drug-likeness (QED) is 0.241. The van der Waals surface area contributed by atoms with Crippen molar-refractivity contribution in [1.29, 1.82) is 0 Å². The fourth-order valence-electron chi connectivity index (χ4n) is 3.20. The maximum atomic E-state index is 12.3. The summed E-state index contributed by atoms with van der Waals surface area (Å²) >= 11 is 0. The van der Waals surface area contributed by atoms with Crippen molar-refractivity contribution in [2.45, 2.75) is 72.0 Å². The maximum Gasteiger partial charge on any atom is 0.345 e. The van der Waals surface area contributed by atoms with Gasteiger partial charge in [0.25, 0.3) is 0 Å². The van der Waals surface area contributed by atoms with Crippen LogP contribution in [0.25, 0.3) is 0 Å². The van der Waals surface area contributed by atoms with Gasteiger partial charge in [0.1, 0.15) is 12.4 Å². The molecule has 162 valence electrons. The standard InChI is InChI=1S/C19H31N7O2.HI/c1-4-20-18(22-13-15-12-16(14(2)3)24-28-15)21-9-7-11-26-19(27)25-10-6-5-8-17(25)23-26;/h12,14H,4-11,13H2,1-3H3,(H2,20,21,22);1H. The Kier molecular flexibility index (Phi) is 9.18. The Morgan fingerprint density at radius 3 is 2.86 bits per heavy atom. The predicted molar refractivity (Wildman–Crippen MR) is 123 cm³/mol. The third kappa shape index (κ3) is 6.31. The van der Waals surface area contributed by atoms with Gasteiger partial charge in [0, 0.05) is 38.7 Å². The largest absolute Gasteiger partial charge is 0.359 e. The lowest BCUT2D eigenvalue weighted by molar-refractivity contribution is 0.376. The van der Waals surface area contributed by atoms with Crippen LogP contribution >= 0.6 is 24.0 Å². The van der Waals surface area contributed by atoms with Crippen LogP contribution in [0.5, 0.6) is 0 Å². The van der Waals surface area contributed by atoms with Crippen LogP contribution in [-0.2, 0) is 26.1 Å². The van der Waals surface area contributed by atoms with Gasteiger partial charge in [0.05, 0.1) is 5.69 Å². The molecule has 1 aliphatic heterocycles. The molecule has 2 N–H and O–H groups in total. The average Bonchev–Trinajstić information content (AvgIpc) is 3.29. The lowest BCUT2D eigenvalue weighted by Crippen LogP contribution is -2.38. The van der Waals surface area contributed by atoms with Crippen molar-refractivity contribution in [3.63, 3.8) is 0 Å². The summed E-state index contributed by atoms with van der Waals surface area (Å²) in [7, 11) is 0. The second kappa shape index (κ2) is 11.4. The summed E-state index contributed by atoms with van der Waals surface area (Å²) in [5.74, 6) is 2.73. The Bertz CT molecular complexity index is 853. The van der Waals surface area contributed by atoms with Crippen molar-refractivity contribution in [1.82, 2.24) is 30.1 Å². The van der Waals surface area contributed by atoms with Crippen molar-refractivity contribution < 1.29 is 4.52 Å². The number of aromatic nitrogens is 4. The molecular weight excluding hydrogens is 485 g/mol. The summed E-state index contributed by atoms with van der Waals surface area (Å²) in [6.45, 7) is 9.49. The molecule has 1 aliphatic rings. The minimum absolute atomic E-state index is 0. The fraction of sp³-hybridized carbons (Fsp3) is 0.684. The van der Waals surface area contributed by atoms with Crippen molar-refractivity contribution in [3.05, 3.63) is 33.8 Å². The minimum Gasteiger partial charge on any atom is -0.359 e. The molecule has 29 heavy (non-hydrogen) atoms. The summed E-state index contributed by atoms with van der Waals surface area (Å²) in [4.78, 5) is 16.9. The number of guanidine groups is 1. The molecule has 2 aromatic rings. The molecule has 0 spiro atoms. The smallest absolute Gasteiger partial charge is 0.345 e. The molecule has 0 saturated carbocycles. The summed E-state index contributed by atoms with van der Waals surface area (Å²) < 4.78 is 8.73. The van der Waals surface area contributed by atoms with E-state index in [9.17, 15) is 4.79 Å². The first-order valence-electron chi connectivity index (χ1n) is 10.2. The first-order chi connectivity index (χ1) is 13.6. The number of aryl methyl sites for hydroxylation is 2. The number of nitrogens with one attached hydrogen (secondary N) is 2. The number of rotatable bonds is 8. The van der Waals surface area contributed by atoms with Gasteiger partial charge in [-0.2, -0.15) is 5.10 Å². The van der Waals surface area contributed by atoms with Crippen LogP contribution in [0.4, 0.5) is 0 Å². The van der Waals surface area contributed by atoms with E-state index in [-0.39, 0.29) is 29.7 Å². The Balaban J connectivity index is 0.00000300. The number of hydrogen-bond acceptors (Lipinski definition) is 5. The van der Waals surface area contributed by atoms with Crippen LogP contribution in [0.2, 0.25) is 0 Å². The van der Waals surface area contributed by atoms with Gasteiger partial charge >= 0.3 is 5.69 Å². The molecule has 0 radical (unpaired) electrons. The minimum atomic E-state index is 0. The zero-order chi connectivity index (χ0) is 19.9. The molecule has 3 heterocycles.